The average Bonchev–Trinajstić information content (AvgIpc) is 0.783. The molecule has 4 aromatic heterocycles. The van der Waals surface area contributed by atoms with Gasteiger partial charge in [0.1, 0.15) is 0 Å². The van der Waals surface area contributed by atoms with Gasteiger partial charge >= 0.3 is 0 Å². The van der Waals surface area contributed by atoms with E-state index in [1.165, 1.54) is 17.2 Å². The normalized spacial score (nSPS) is 12.3. The van der Waals surface area contributed by atoms with Gasteiger partial charge in [0.2, 0.25) is 23.5 Å². The van der Waals surface area contributed by atoms with E-state index in [9.17, 15) is 70.3 Å². The first kappa shape index (κ1) is 88.8. The molecule has 4 heterocycles. The topological polar surface area (TPSA) is 300 Å². The van der Waals surface area contributed by atoms with Gasteiger partial charge in [-0.3, -0.25) is 19.2 Å². The Balaban J connectivity index is 0.000000141. The molecule has 20 nitrogen and oxygen atoms in total. The van der Waals surface area contributed by atoms with Crippen LogP contribution in [0.25, 0.3) is 45.0 Å². The zero-order chi connectivity index (χ0) is 87.1. The van der Waals surface area contributed by atoms with Gasteiger partial charge in [-0.15, -0.1) is 0 Å². The van der Waals surface area contributed by atoms with Crippen molar-refractivity contribution < 1.29 is 70.3 Å². The molecular weight excluding hydrogens is 1700 g/mol. The number of aryl methyl sites for hydroxylation is 12. The number of nitrogens with zero attached hydrogens (tertiary/aromatic N) is 8. The number of nitrogens with one attached hydrogen (secondary N) is 4. The van der Waals surface area contributed by atoms with E-state index >= 15 is 0 Å². The van der Waals surface area contributed by atoms with E-state index < -0.39 is 58.6 Å². The van der Waals surface area contributed by atoms with Gasteiger partial charge < -0.3 is 41.7 Å². The predicted molar refractivity (Wildman–Crippen MR) is 462 cm³/mol. The van der Waals surface area contributed by atoms with Crippen molar-refractivity contribution in [2.45, 2.75) is 176 Å². The van der Waals surface area contributed by atoms with Crippen molar-refractivity contribution in [1.82, 2.24) is 39.9 Å². The van der Waals surface area contributed by atoms with Gasteiger partial charge in [-0.1, -0.05) is 163 Å². The second-order valence-corrected chi connectivity index (χ2v) is 31.5. The highest BCUT2D eigenvalue weighted by Gasteiger charge is 2.31. The summed E-state index contributed by atoms with van der Waals surface area (Å²) in [4.78, 5) is 88.5. The smallest absolute Gasteiger partial charge is 0.256 e. The van der Waals surface area contributed by atoms with Crippen LogP contribution in [0.2, 0.25) is 0 Å². The standard InChI is InChI=1S/C24H20F5N3O2.C24H23F2N3O2.C24H24IN3O2.C23H23N3O2/c1-2-3-16-24(32-17(34)9-14-18(25)20(27)22(29)21(28)19(14)26)31-15-7-5-12-8-11(10-33)4-6-13(12)23(15)30-16;1-2-3-21-24(29-22(31)12-14-5-8-18(25)19(26)11-14)28-20-9-6-16-10-15(13-30)4-7-17(16)23(20)27-21;1-2-3-21-24(28-22(30)13-15-4-8-18(25)9-5-15)27-20-11-7-17-12-16(14-29)6-10-19(17)23(20)26-21;1-2-6-20-22(26-23(28)16-7-4-3-5-8-16)25-19-12-10-17-13-15(14-27)9-11-18(17)21(19)24-20/h4,6,8,33H,2-3,5,7,9-10H2,1H3,(H,31,32,34);4-5,7-8,10-11,30H,2-3,6,9,12-13H2,1H3,(H,28,29,31);4-6,8-10,12,29H,2-3,7,11,13-14H2,1H3,(H,27,28,30);3-5,7-9,11,13,27H,2,6,10,12,14H2,1H3,(H,25,26,28). The summed E-state index contributed by atoms with van der Waals surface area (Å²) in [7, 11) is 0. The summed E-state index contributed by atoms with van der Waals surface area (Å²) in [5.74, 6) is -12.4. The largest absolute Gasteiger partial charge is 0.392 e. The number of fused-ring (bicyclic) bond motifs is 12. The quantitative estimate of drug-likeness (QED) is 0.0128. The number of carbonyl (C=O) groups excluding carboxylic acids is 4. The van der Waals surface area contributed by atoms with E-state index in [4.69, 9.17) is 29.9 Å². The number of halogens is 8. The van der Waals surface area contributed by atoms with E-state index in [0.29, 0.717) is 96.3 Å². The fourth-order valence-corrected chi connectivity index (χ4v) is 15.6. The monoisotopic (exact) mass is 1790 g/mol. The lowest BCUT2D eigenvalue weighted by molar-refractivity contribution is -0.116. The molecule has 12 aromatic rings. The second-order valence-electron chi connectivity index (χ2n) is 30.3. The van der Waals surface area contributed by atoms with E-state index in [1.807, 2.05) is 117 Å². The highest BCUT2D eigenvalue weighted by molar-refractivity contribution is 14.1. The first-order valence-corrected chi connectivity index (χ1v) is 42.0. The molecule has 0 atom stereocenters. The number of aliphatic hydroxyl groups excluding tert-OH is 4. The van der Waals surface area contributed by atoms with Crippen molar-refractivity contribution in [2.24, 2.45) is 0 Å². The molecule has 0 saturated heterocycles. The summed E-state index contributed by atoms with van der Waals surface area (Å²) in [6.45, 7) is 8.09. The third-order valence-electron chi connectivity index (χ3n) is 21.4. The Morgan fingerprint density at radius 1 is 0.333 bits per heavy atom. The number of benzene rings is 8. The molecule has 0 saturated carbocycles. The number of anilines is 4. The van der Waals surface area contributed by atoms with E-state index in [2.05, 4.69) is 73.7 Å². The summed E-state index contributed by atoms with van der Waals surface area (Å²) < 4.78 is 95.9. The lowest BCUT2D eigenvalue weighted by atomic mass is 9.90. The van der Waals surface area contributed by atoms with E-state index in [-0.39, 0.29) is 56.4 Å². The minimum absolute atomic E-state index is 0.00414. The number of hydrogen-bond acceptors (Lipinski definition) is 16. The molecule has 16 rings (SSSR count). The fraction of sp³-hybridized carbons (Fsp3) is 0.284. The SMILES string of the molecule is CCCc1nc2c(nc1NC(=O)Cc1c(F)c(F)c(F)c(F)c1F)CCc1cc(CO)ccc1-2.CCCc1nc2c(nc1NC(=O)Cc1ccc(F)c(F)c1)CCc1cc(CO)ccc1-2.CCCc1nc2c(nc1NC(=O)Cc1ccc(I)cc1)CCc1cc(CO)ccc1-2.CCCc1nc2c(nc1NC(=O)c1ccccc1)CCc1cc(CO)ccc1-2. The van der Waals surface area contributed by atoms with Gasteiger partial charge in [0.15, 0.2) is 58.2 Å². The molecule has 28 heteroatoms. The second kappa shape index (κ2) is 40.8. The maximum Gasteiger partial charge on any atom is 0.256 e. The lowest BCUT2D eigenvalue weighted by Crippen LogP contribution is -2.21. The number of aliphatic hydroxyl groups is 4. The number of amides is 4. The highest BCUT2D eigenvalue weighted by Crippen LogP contribution is 2.39. The summed E-state index contributed by atoms with van der Waals surface area (Å²) in [5.41, 5.74) is 22.0. The van der Waals surface area contributed by atoms with Crippen LogP contribution in [0.15, 0.2) is 146 Å². The third kappa shape index (κ3) is 21.0. The van der Waals surface area contributed by atoms with Crippen molar-refractivity contribution in [3.63, 3.8) is 0 Å². The molecule has 0 radical (unpaired) electrons. The third-order valence-corrected chi connectivity index (χ3v) is 22.1. The molecule has 8 aromatic carbocycles. The Kier molecular flexibility index (Phi) is 29.5. The molecule has 4 amide bonds. The molecule has 123 heavy (non-hydrogen) atoms. The first-order valence-electron chi connectivity index (χ1n) is 40.9. The Morgan fingerprint density at radius 3 is 0.976 bits per heavy atom. The van der Waals surface area contributed by atoms with Crippen LogP contribution in [0.5, 0.6) is 0 Å². The summed E-state index contributed by atoms with van der Waals surface area (Å²) >= 11 is 2.26. The molecule has 634 valence electrons. The molecule has 4 aliphatic rings. The molecule has 4 aliphatic carbocycles. The molecule has 8 N–H and O–H groups in total. The molecule has 0 spiro atoms. The van der Waals surface area contributed by atoms with Crippen molar-refractivity contribution in [3.8, 4) is 45.0 Å². The highest BCUT2D eigenvalue weighted by atomic mass is 127. The molecule has 0 bridgehead atoms. The van der Waals surface area contributed by atoms with Crippen molar-refractivity contribution in [1.29, 1.82) is 0 Å². The maximum atomic E-state index is 14.0. The average molecular weight is 1790 g/mol. The Hall–Kier alpha value is -12.0. The molecule has 0 aliphatic heterocycles. The van der Waals surface area contributed by atoms with Gasteiger partial charge in [-0.2, -0.15) is 0 Å². The van der Waals surface area contributed by atoms with Gasteiger partial charge in [0, 0.05) is 37.0 Å². The first-order chi connectivity index (χ1) is 59.5. The number of rotatable bonds is 23. The summed E-state index contributed by atoms with van der Waals surface area (Å²) in [6, 6.07) is 43.9. The van der Waals surface area contributed by atoms with Gasteiger partial charge in [-0.25, -0.2) is 70.6 Å². The fourth-order valence-electron chi connectivity index (χ4n) is 15.3. The summed E-state index contributed by atoms with van der Waals surface area (Å²) in [5, 5.41) is 48.8. The molecular formula is C95H90F7IN12O8. The van der Waals surface area contributed by atoms with Crippen LogP contribution in [0.1, 0.15) is 170 Å². The maximum absolute atomic E-state index is 14.0. The molecule has 0 fully saturated rings. The van der Waals surface area contributed by atoms with Crippen LogP contribution in [-0.4, -0.2) is 83.9 Å². The van der Waals surface area contributed by atoms with Crippen molar-refractivity contribution in [3.05, 3.63) is 302 Å². The van der Waals surface area contributed by atoms with E-state index in [1.54, 1.807) is 18.2 Å². The number of aromatic nitrogens is 8. The minimum Gasteiger partial charge on any atom is -0.392 e. The van der Waals surface area contributed by atoms with E-state index in [0.717, 1.165) is 187 Å². The zero-order valence-electron chi connectivity index (χ0n) is 68.1. The lowest BCUT2D eigenvalue weighted by Gasteiger charge is -2.21. The Morgan fingerprint density at radius 2 is 0.642 bits per heavy atom. The Bertz CT molecular complexity index is 5960. The zero-order valence-corrected chi connectivity index (χ0v) is 70.3. The minimum atomic E-state index is -2.28. The van der Waals surface area contributed by atoms with Crippen LogP contribution >= 0.6 is 22.6 Å². The van der Waals surface area contributed by atoms with Crippen LogP contribution < -0.4 is 21.3 Å². The number of carbonyl (C=O) groups is 4. The summed E-state index contributed by atoms with van der Waals surface area (Å²) in [6.07, 6.45) is 10.9. The molecule has 0 unspecified atom stereocenters. The van der Waals surface area contributed by atoms with Gasteiger partial charge in [-0.05, 0) is 192 Å². The van der Waals surface area contributed by atoms with Crippen LogP contribution in [0.4, 0.5) is 54.0 Å². The van der Waals surface area contributed by atoms with Crippen LogP contribution in [0.3, 0.4) is 0 Å². The Labute approximate surface area is 720 Å². The van der Waals surface area contributed by atoms with Gasteiger partial charge in [0.25, 0.3) is 5.91 Å². The van der Waals surface area contributed by atoms with Crippen LogP contribution in [0, 0.1) is 44.3 Å². The predicted octanol–water partition coefficient (Wildman–Crippen LogP) is 17.1. The van der Waals surface area contributed by atoms with Crippen LogP contribution in [-0.2, 0) is 137 Å². The number of hydrogen-bond donors (Lipinski definition) is 8. The van der Waals surface area contributed by atoms with Gasteiger partial charge in [0.05, 0.1) is 114 Å². The van der Waals surface area contributed by atoms with Crippen molar-refractivity contribution in [2.75, 3.05) is 21.3 Å². The van der Waals surface area contributed by atoms with Crippen molar-refractivity contribution >= 4 is 69.5 Å².